The van der Waals surface area contributed by atoms with Gasteiger partial charge < -0.3 is 4.74 Å². The summed E-state index contributed by atoms with van der Waals surface area (Å²) in [5.74, 6) is 0.776. The summed E-state index contributed by atoms with van der Waals surface area (Å²) in [6, 6.07) is 3.89. The van der Waals surface area contributed by atoms with Crippen molar-refractivity contribution in [2.75, 3.05) is 0 Å². The van der Waals surface area contributed by atoms with Gasteiger partial charge >= 0.3 is 0 Å². The lowest BCUT2D eigenvalue weighted by molar-refractivity contribution is 0.260. The molecule has 1 rings (SSSR count). The Morgan fingerprint density at radius 3 is 1.94 bits per heavy atom. The molecule has 90 valence electrons. The van der Waals surface area contributed by atoms with Crippen LogP contribution in [0.5, 0.6) is 5.75 Å². The lowest BCUT2D eigenvalue weighted by Crippen LogP contribution is -2.29. The number of halogens is 5. The fraction of sp³-hybridized carbons (Fsp3) is 0.400. The largest absolute Gasteiger partial charge is 0.475 e. The van der Waals surface area contributed by atoms with E-state index >= 15 is 0 Å². The Labute approximate surface area is 137 Å². The number of hydrogen-bond acceptors (Lipinski definition) is 1. The van der Waals surface area contributed by atoms with Crippen molar-refractivity contribution in [1.29, 1.82) is 0 Å². The topological polar surface area (TPSA) is 9.23 Å². The minimum Gasteiger partial charge on any atom is -0.475 e. The second-order valence-electron chi connectivity index (χ2n) is 3.70. The first-order valence-electron chi connectivity index (χ1n) is 4.36. The van der Waals surface area contributed by atoms with Crippen molar-refractivity contribution in [2.24, 2.45) is 0 Å². The standard InChI is InChI=1S/C10H9Br5O/c1-10(2,15)9(14)16-8-6(12)3-5(11)4-7(8)13/h3-4,9H,1-2H3. The van der Waals surface area contributed by atoms with E-state index in [9.17, 15) is 0 Å². The monoisotopic (exact) mass is 540 g/mol. The van der Waals surface area contributed by atoms with Crippen LogP contribution in [0.2, 0.25) is 0 Å². The van der Waals surface area contributed by atoms with Gasteiger partial charge in [-0.05, 0) is 73.8 Å². The number of rotatable bonds is 3. The number of hydrogen-bond donors (Lipinski definition) is 0. The highest BCUT2D eigenvalue weighted by Crippen LogP contribution is 2.39. The molecule has 6 heteroatoms. The Morgan fingerprint density at radius 1 is 1.12 bits per heavy atom. The molecule has 1 aromatic carbocycles. The summed E-state index contributed by atoms with van der Waals surface area (Å²) < 4.78 is 8.48. The van der Waals surface area contributed by atoms with E-state index in [0.717, 1.165) is 19.2 Å². The van der Waals surface area contributed by atoms with Crippen LogP contribution in [0.1, 0.15) is 13.8 Å². The quantitative estimate of drug-likeness (QED) is 0.409. The van der Waals surface area contributed by atoms with Crippen LogP contribution >= 0.6 is 79.6 Å². The summed E-state index contributed by atoms with van der Waals surface area (Å²) in [5, 5.41) is -0.131. The molecule has 1 nitrogen and oxygen atoms in total. The van der Waals surface area contributed by atoms with E-state index in [4.69, 9.17) is 4.74 Å². The van der Waals surface area contributed by atoms with Gasteiger partial charge in [0.2, 0.25) is 0 Å². The van der Waals surface area contributed by atoms with Gasteiger partial charge in [-0.2, -0.15) is 0 Å². The molecule has 0 saturated carbocycles. The molecule has 0 aromatic heterocycles. The van der Waals surface area contributed by atoms with Crippen molar-refractivity contribution in [3.8, 4) is 5.75 Å². The molecule has 16 heavy (non-hydrogen) atoms. The third kappa shape index (κ3) is 4.26. The first-order valence-corrected chi connectivity index (χ1v) is 8.45. The zero-order valence-electron chi connectivity index (χ0n) is 8.53. The maximum Gasteiger partial charge on any atom is 0.168 e. The van der Waals surface area contributed by atoms with Gasteiger partial charge in [0, 0.05) is 4.47 Å². The highest BCUT2D eigenvalue weighted by molar-refractivity contribution is 9.12. The van der Waals surface area contributed by atoms with Gasteiger partial charge in [0.15, 0.2) is 5.01 Å². The fourth-order valence-corrected chi connectivity index (χ4v) is 3.61. The van der Waals surface area contributed by atoms with Crippen molar-refractivity contribution in [2.45, 2.75) is 23.2 Å². The molecule has 0 fully saturated rings. The predicted molar refractivity (Wildman–Crippen MR) is 85.9 cm³/mol. The Kier molecular flexibility index (Phi) is 5.84. The molecule has 1 aromatic rings. The lowest BCUT2D eigenvalue weighted by Gasteiger charge is -2.25. The van der Waals surface area contributed by atoms with Crippen molar-refractivity contribution >= 4 is 79.6 Å². The molecule has 0 bridgehead atoms. The Hall–Kier alpha value is 1.42. The highest BCUT2D eigenvalue weighted by atomic mass is 79.9. The SMILES string of the molecule is CC(C)(Br)C(Br)Oc1c(Br)cc(Br)cc1Br. The summed E-state index contributed by atoms with van der Waals surface area (Å²) in [6.45, 7) is 4.07. The third-order valence-electron chi connectivity index (χ3n) is 1.72. The van der Waals surface area contributed by atoms with Crippen molar-refractivity contribution in [1.82, 2.24) is 0 Å². The van der Waals surface area contributed by atoms with E-state index in [2.05, 4.69) is 79.6 Å². The van der Waals surface area contributed by atoms with Crippen LogP contribution in [0.4, 0.5) is 0 Å². The van der Waals surface area contributed by atoms with Gasteiger partial charge in [-0.1, -0.05) is 31.9 Å². The van der Waals surface area contributed by atoms with E-state index in [1.165, 1.54) is 0 Å². The van der Waals surface area contributed by atoms with E-state index in [1.807, 2.05) is 26.0 Å². The van der Waals surface area contributed by atoms with Crippen molar-refractivity contribution in [3.63, 3.8) is 0 Å². The summed E-state index contributed by atoms with van der Waals surface area (Å²) in [5.41, 5.74) is 0. The Balaban J connectivity index is 2.98. The van der Waals surface area contributed by atoms with Crippen LogP contribution in [0, 0.1) is 0 Å². The van der Waals surface area contributed by atoms with Crippen LogP contribution in [0.15, 0.2) is 25.6 Å². The van der Waals surface area contributed by atoms with Crippen LogP contribution in [-0.2, 0) is 0 Å². The molecule has 0 aliphatic carbocycles. The van der Waals surface area contributed by atoms with Gasteiger partial charge in [-0.15, -0.1) is 0 Å². The smallest absolute Gasteiger partial charge is 0.168 e. The molecule has 0 amide bonds. The summed E-state index contributed by atoms with van der Waals surface area (Å²) >= 11 is 17.4. The van der Waals surface area contributed by atoms with E-state index < -0.39 is 0 Å². The zero-order valence-corrected chi connectivity index (χ0v) is 16.5. The minimum atomic E-state index is -0.154. The Bertz CT molecular complexity index is 362. The van der Waals surface area contributed by atoms with E-state index in [-0.39, 0.29) is 9.34 Å². The molecule has 0 radical (unpaired) electrons. The van der Waals surface area contributed by atoms with Crippen molar-refractivity contribution in [3.05, 3.63) is 25.6 Å². The highest BCUT2D eigenvalue weighted by Gasteiger charge is 2.27. The number of benzene rings is 1. The van der Waals surface area contributed by atoms with Gasteiger partial charge in [-0.3, -0.25) is 0 Å². The first kappa shape index (κ1) is 15.5. The van der Waals surface area contributed by atoms with Crippen LogP contribution in [-0.4, -0.2) is 9.34 Å². The normalized spacial score (nSPS) is 13.7. The summed E-state index contributed by atoms with van der Waals surface area (Å²) in [6.07, 6.45) is 0. The lowest BCUT2D eigenvalue weighted by atomic mass is 10.2. The third-order valence-corrected chi connectivity index (χ3v) is 5.72. The Morgan fingerprint density at radius 2 is 1.56 bits per heavy atom. The van der Waals surface area contributed by atoms with E-state index in [1.54, 1.807) is 0 Å². The average molecular weight is 545 g/mol. The van der Waals surface area contributed by atoms with Crippen LogP contribution in [0.3, 0.4) is 0 Å². The zero-order chi connectivity index (χ0) is 12.5. The molecule has 0 N–H and O–H groups in total. The van der Waals surface area contributed by atoms with Crippen molar-refractivity contribution < 1.29 is 4.74 Å². The van der Waals surface area contributed by atoms with E-state index in [0.29, 0.717) is 0 Å². The molecule has 1 unspecified atom stereocenters. The van der Waals surface area contributed by atoms with Gasteiger partial charge in [0.1, 0.15) is 5.75 Å². The van der Waals surface area contributed by atoms with Crippen LogP contribution in [0.25, 0.3) is 0 Å². The molecular formula is C10H9Br5O. The van der Waals surface area contributed by atoms with Gasteiger partial charge in [0.25, 0.3) is 0 Å². The molecular weight excluding hydrogens is 536 g/mol. The molecule has 0 heterocycles. The van der Waals surface area contributed by atoms with Gasteiger partial charge in [0.05, 0.1) is 13.3 Å². The maximum absolute atomic E-state index is 5.85. The molecule has 0 aliphatic rings. The van der Waals surface area contributed by atoms with Gasteiger partial charge in [-0.25, -0.2) is 0 Å². The fourth-order valence-electron chi connectivity index (χ4n) is 0.885. The second kappa shape index (κ2) is 6.04. The molecule has 1 atom stereocenters. The summed E-state index contributed by atoms with van der Waals surface area (Å²) in [7, 11) is 0. The minimum absolute atomic E-state index is 0.131. The maximum atomic E-state index is 5.85. The first-order chi connectivity index (χ1) is 7.21. The van der Waals surface area contributed by atoms with Crippen LogP contribution < -0.4 is 4.74 Å². The number of ether oxygens (including phenoxy) is 1. The average Bonchev–Trinajstić information content (AvgIpc) is 2.08. The molecule has 0 spiro atoms. The molecule has 0 aliphatic heterocycles. The predicted octanol–water partition coefficient (Wildman–Crippen LogP) is 6.25. The molecule has 0 saturated heterocycles. The number of alkyl halides is 2. The second-order valence-corrected chi connectivity index (χ2v) is 9.20. The summed E-state index contributed by atoms with van der Waals surface area (Å²) in [4.78, 5) is 0.